The van der Waals surface area contributed by atoms with Crippen LogP contribution in [0.3, 0.4) is 0 Å². The monoisotopic (exact) mass is 216 g/mol. The molecule has 1 nitrogen and oxygen atoms in total. The maximum Gasteiger partial charge on any atom is 0.159 e. The summed E-state index contributed by atoms with van der Waals surface area (Å²) in [6, 6.07) is 0. The Labute approximate surface area is 72.1 Å². The summed E-state index contributed by atoms with van der Waals surface area (Å²) in [6.07, 6.45) is 5.20. The Morgan fingerprint density at radius 1 is 1.80 bits per heavy atom. The van der Waals surface area contributed by atoms with Crippen molar-refractivity contribution < 1.29 is 4.74 Å². The average Bonchev–Trinajstić information content (AvgIpc) is 2.30. The Balaban J connectivity index is 3.16. The lowest BCUT2D eigenvalue weighted by atomic mass is 10.3. The largest absolute Gasteiger partial charge is 0.493 e. The third kappa shape index (κ3) is 1.18. The Morgan fingerprint density at radius 2 is 2.50 bits per heavy atom. The first-order valence-electron chi connectivity index (χ1n) is 2.57. The van der Waals surface area contributed by atoms with Crippen LogP contribution in [0.5, 0.6) is 5.75 Å². The molecule has 0 radical (unpaired) electrons. The molecule has 1 aromatic heterocycles. The van der Waals surface area contributed by atoms with Crippen LogP contribution < -0.4 is 4.74 Å². The highest BCUT2D eigenvalue weighted by Crippen LogP contribution is 2.34. The molecule has 0 bridgehead atoms. The van der Waals surface area contributed by atoms with Gasteiger partial charge in [0.15, 0.2) is 5.75 Å². The molecule has 0 aliphatic heterocycles. The van der Waals surface area contributed by atoms with Gasteiger partial charge in [-0.1, -0.05) is 5.92 Å². The van der Waals surface area contributed by atoms with Gasteiger partial charge in [-0.2, -0.15) is 0 Å². The standard InChI is InChI=1S/C7H5BrOS/c1-3-5-4-10-7(8)6(5)9-2/h1,4H,2H3. The van der Waals surface area contributed by atoms with E-state index in [9.17, 15) is 0 Å². The highest BCUT2D eigenvalue weighted by atomic mass is 79.9. The molecule has 0 N–H and O–H groups in total. The summed E-state index contributed by atoms with van der Waals surface area (Å²) >= 11 is 4.85. The summed E-state index contributed by atoms with van der Waals surface area (Å²) in [6.45, 7) is 0. The Morgan fingerprint density at radius 3 is 2.90 bits per heavy atom. The van der Waals surface area contributed by atoms with Crippen molar-refractivity contribution in [2.75, 3.05) is 7.11 Å². The number of terminal acetylenes is 1. The normalized spacial score (nSPS) is 8.90. The second-order valence-corrected chi connectivity index (χ2v) is 3.80. The second-order valence-electron chi connectivity index (χ2n) is 1.60. The molecular formula is C7H5BrOS. The zero-order valence-electron chi connectivity index (χ0n) is 5.35. The lowest BCUT2D eigenvalue weighted by Crippen LogP contribution is -1.82. The van der Waals surface area contributed by atoms with E-state index in [0.29, 0.717) is 0 Å². The molecule has 1 rings (SSSR count). The second kappa shape index (κ2) is 3.09. The zero-order valence-corrected chi connectivity index (χ0v) is 7.75. The van der Waals surface area contributed by atoms with Gasteiger partial charge in [0.05, 0.1) is 12.7 Å². The van der Waals surface area contributed by atoms with Crippen molar-refractivity contribution in [3.63, 3.8) is 0 Å². The minimum absolute atomic E-state index is 0.757. The summed E-state index contributed by atoms with van der Waals surface area (Å²) < 4.78 is 5.98. The van der Waals surface area contributed by atoms with Gasteiger partial charge in [-0.25, -0.2) is 0 Å². The first kappa shape index (κ1) is 7.64. The van der Waals surface area contributed by atoms with Crippen molar-refractivity contribution in [3.8, 4) is 18.1 Å². The van der Waals surface area contributed by atoms with Crippen molar-refractivity contribution in [2.24, 2.45) is 0 Å². The lowest BCUT2D eigenvalue weighted by molar-refractivity contribution is 0.413. The van der Waals surface area contributed by atoms with Crippen LogP contribution in [-0.4, -0.2) is 7.11 Å². The van der Waals surface area contributed by atoms with Gasteiger partial charge < -0.3 is 4.74 Å². The third-order valence-electron chi connectivity index (χ3n) is 1.06. The highest BCUT2D eigenvalue weighted by Gasteiger charge is 2.06. The number of thiophene rings is 1. The minimum Gasteiger partial charge on any atom is -0.493 e. The van der Waals surface area contributed by atoms with Gasteiger partial charge in [0, 0.05) is 5.38 Å². The van der Waals surface area contributed by atoms with Crippen LogP contribution in [0.2, 0.25) is 0 Å². The van der Waals surface area contributed by atoms with E-state index >= 15 is 0 Å². The number of ether oxygens (including phenoxy) is 1. The van der Waals surface area contributed by atoms with E-state index in [2.05, 4.69) is 21.9 Å². The van der Waals surface area contributed by atoms with E-state index in [1.807, 2.05) is 5.38 Å². The molecule has 0 aromatic carbocycles. The molecule has 0 fully saturated rings. The smallest absolute Gasteiger partial charge is 0.159 e. The number of hydrogen-bond donors (Lipinski definition) is 0. The molecule has 0 aliphatic carbocycles. The van der Waals surface area contributed by atoms with E-state index in [4.69, 9.17) is 11.2 Å². The minimum atomic E-state index is 0.757. The van der Waals surface area contributed by atoms with E-state index in [0.717, 1.165) is 15.1 Å². The van der Waals surface area contributed by atoms with Gasteiger partial charge in [0.2, 0.25) is 0 Å². The lowest BCUT2D eigenvalue weighted by Gasteiger charge is -1.95. The van der Waals surface area contributed by atoms with Gasteiger partial charge >= 0.3 is 0 Å². The van der Waals surface area contributed by atoms with Gasteiger partial charge in [-0.3, -0.25) is 0 Å². The summed E-state index contributed by atoms with van der Waals surface area (Å²) in [5, 5.41) is 1.88. The number of hydrogen-bond acceptors (Lipinski definition) is 2. The van der Waals surface area contributed by atoms with Crippen molar-refractivity contribution in [1.29, 1.82) is 0 Å². The fraction of sp³-hybridized carbons (Fsp3) is 0.143. The van der Waals surface area contributed by atoms with Crippen molar-refractivity contribution >= 4 is 27.3 Å². The van der Waals surface area contributed by atoms with Crippen LogP contribution in [0, 0.1) is 12.3 Å². The maximum absolute atomic E-state index is 5.20. The molecule has 0 saturated carbocycles. The molecule has 0 amide bonds. The van der Waals surface area contributed by atoms with E-state index in [1.54, 1.807) is 7.11 Å². The van der Waals surface area contributed by atoms with Gasteiger partial charge in [-0.15, -0.1) is 17.8 Å². The number of rotatable bonds is 1. The summed E-state index contributed by atoms with van der Waals surface area (Å²) in [4.78, 5) is 0. The van der Waals surface area contributed by atoms with E-state index < -0.39 is 0 Å². The van der Waals surface area contributed by atoms with Crippen molar-refractivity contribution in [2.45, 2.75) is 0 Å². The predicted molar refractivity (Wildman–Crippen MR) is 46.5 cm³/mol. The van der Waals surface area contributed by atoms with Crippen LogP contribution in [0.15, 0.2) is 9.17 Å². The van der Waals surface area contributed by atoms with E-state index in [1.165, 1.54) is 11.3 Å². The van der Waals surface area contributed by atoms with Crippen molar-refractivity contribution in [1.82, 2.24) is 0 Å². The molecule has 3 heteroatoms. The molecule has 0 aliphatic rings. The molecule has 10 heavy (non-hydrogen) atoms. The quantitative estimate of drug-likeness (QED) is 0.656. The van der Waals surface area contributed by atoms with Gasteiger partial charge in [0.25, 0.3) is 0 Å². The Bertz CT molecular complexity index is 272. The maximum atomic E-state index is 5.20. The fourth-order valence-corrected chi connectivity index (χ4v) is 1.97. The highest BCUT2D eigenvalue weighted by molar-refractivity contribution is 9.11. The van der Waals surface area contributed by atoms with Crippen LogP contribution in [0.25, 0.3) is 0 Å². The van der Waals surface area contributed by atoms with Crippen LogP contribution in [0.1, 0.15) is 5.56 Å². The molecule has 0 spiro atoms. The molecule has 52 valence electrons. The van der Waals surface area contributed by atoms with Crippen LogP contribution in [-0.2, 0) is 0 Å². The molecule has 1 heterocycles. The first-order valence-corrected chi connectivity index (χ1v) is 4.24. The Kier molecular flexibility index (Phi) is 2.36. The third-order valence-corrected chi connectivity index (χ3v) is 2.73. The average molecular weight is 217 g/mol. The molecule has 0 atom stereocenters. The van der Waals surface area contributed by atoms with Gasteiger partial charge in [0.1, 0.15) is 3.79 Å². The molecule has 1 aromatic rings. The molecule has 0 unspecified atom stereocenters. The first-order chi connectivity index (χ1) is 4.79. The number of halogens is 1. The molecule has 0 saturated heterocycles. The molecular weight excluding hydrogens is 212 g/mol. The summed E-state index contributed by atoms with van der Waals surface area (Å²) in [7, 11) is 1.60. The van der Waals surface area contributed by atoms with Crippen LogP contribution in [0.4, 0.5) is 0 Å². The summed E-state index contributed by atoms with van der Waals surface area (Å²) in [5.74, 6) is 3.28. The number of methoxy groups -OCH3 is 1. The predicted octanol–water partition coefficient (Wildman–Crippen LogP) is 2.50. The zero-order chi connectivity index (χ0) is 7.56. The Hall–Kier alpha value is -0.460. The SMILES string of the molecule is C#Cc1csc(Br)c1OC. The van der Waals surface area contributed by atoms with E-state index in [-0.39, 0.29) is 0 Å². The van der Waals surface area contributed by atoms with Gasteiger partial charge in [-0.05, 0) is 15.9 Å². The summed E-state index contributed by atoms with van der Waals surface area (Å²) in [5.41, 5.74) is 0.805. The van der Waals surface area contributed by atoms with Crippen LogP contribution >= 0.6 is 27.3 Å². The fourth-order valence-electron chi connectivity index (χ4n) is 0.613. The van der Waals surface area contributed by atoms with Crippen molar-refractivity contribution in [3.05, 3.63) is 14.7 Å². The topological polar surface area (TPSA) is 9.23 Å².